The molecule has 0 saturated carbocycles. The molecule has 1 aliphatic heterocycles. The molecule has 0 fully saturated rings. The van der Waals surface area contributed by atoms with Gasteiger partial charge in [0, 0.05) is 31.7 Å². The summed E-state index contributed by atoms with van der Waals surface area (Å²) in [4.78, 5) is 34.9. The lowest BCUT2D eigenvalue weighted by atomic mass is 10.1. The SMILES string of the molecule is CC(C)CCNC(=O)CCN1C(=O)C=CC1=O. The van der Waals surface area contributed by atoms with E-state index >= 15 is 0 Å². The van der Waals surface area contributed by atoms with Gasteiger partial charge >= 0.3 is 0 Å². The van der Waals surface area contributed by atoms with Crippen molar-refractivity contribution in [3.63, 3.8) is 0 Å². The number of hydrogen-bond donors (Lipinski definition) is 1. The summed E-state index contributed by atoms with van der Waals surface area (Å²) in [7, 11) is 0. The number of nitrogens with one attached hydrogen (secondary N) is 1. The first-order chi connectivity index (χ1) is 8.00. The minimum atomic E-state index is -0.343. The maximum atomic E-state index is 11.4. The molecule has 0 atom stereocenters. The maximum absolute atomic E-state index is 11.4. The third-order valence-electron chi connectivity index (χ3n) is 2.51. The van der Waals surface area contributed by atoms with Crippen LogP contribution in [0, 0.1) is 5.92 Å². The molecule has 3 amide bonds. The zero-order chi connectivity index (χ0) is 12.8. The van der Waals surface area contributed by atoms with Gasteiger partial charge in [-0.25, -0.2) is 0 Å². The van der Waals surface area contributed by atoms with Gasteiger partial charge in [-0.3, -0.25) is 19.3 Å². The van der Waals surface area contributed by atoms with Crippen LogP contribution >= 0.6 is 0 Å². The van der Waals surface area contributed by atoms with E-state index in [2.05, 4.69) is 19.2 Å². The molecule has 1 N–H and O–H groups in total. The van der Waals surface area contributed by atoms with E-state index < -0.39 is 0 Å². The predicted molar refractivity (Wildman–Crippen MR) is 62.9 cm³/mol. The third kappa shape index (κ3) is 4.38. The summed E-state index contributed by atoms with van der Waals surface area (Å²) in [5, 5.41) is 2.76. The largest absolute Gasteiger partial charge is 0.356 e. The van der Waals surface area contributed by atoms with Gasteiger partial charge in [0.25, 0.3) is 11.8 Å². The van der Waals surface area contributed by atoms with Gasteiger partial charge in [-0.05, 0) is 12.3 Å². The Bertz CT molecular complexity index is 330. The van der Waals surface area contributed by atoms with Crippen LogP contribution < -0.4 is 5.32 Å². The monoisotopic (exact) mass is 238 g/mol. The maximum Gasteiger partial charge on any atom is 0.253 e. The molecule has 1 aliphatic rings. The van der Waals surface area contributed by atoms with Gasteiger partial charge in [-0.1, -0.05) is 13.8 Å². The number of amides is 3. The first kappa shape index (κ1) is 13.4. The summed E-state index contributed by atoms with van der Waals surface area (Å²) < 4.78 is 0. The van der Waals surface area contributed by atoms with Crippen LogP contribution in [0.4, 0.5) is 0 Å². The first-order valence-electron chi connectivity index (χ1n) is 5.81. The molecule has 0 aromatic rings. The number of rotatable bonds is 6. The number of carbonyl (C=O) groups is 3. The molecule has 0 saturated heterocycles. The van der Waals surface area contributed by atoms with Gasteiger partial charge in [0.15, 0.2) is 0 Å². The molecular weight excluding hydrogens is 220 g/mol. The van der Waals surface area contributed by atoms with Gasteiger partial charge in [0.2, 0.25) is 5.91 Å². The molecule has 0 radical (unpaired) electrons. The van der Waals surface area contributed by atoms with Crippen LogP contribution in [0.2, 0.25) is 0 Å². The fraction of sp³-hybridized carbons (Fsp3) is 0.583. The molecule has 0 bridgehead atoms. The molecule has 0 aromatic heterocycles. The number of nitrogens with zero attached hydrogens (tertiary/aromatic N) is 1. The molecule has 1 heterocycles. The van der Waals surface area contributed by atoms with Crippen molar-refractivity contribution >= 4 is 17.7 Å². The molecule has 0 aromatic carbocycles. The predicted octanol–water partition coefficient (Wildman–Crippen LogP) is 0.464. The number of hydrogen-bond acceptors (Lipinski definition) is 3. The average Bonchev–Trinajstić information content (AvgIpc) is 2.55. The van der Waals surface area contributed by atoms with Crippen LogP contribution in [0.1, 0.15) is 26.7 Å². The van der Waals surface area contributed by atoms with Gasteiger partial charge < -0.3 is 5.32 Å². The Balaban J connectivity index is 2.20. The smallest absolute Gasteiger partial charge is 0.253 e. The summed E-state index contributed by atoms with van der Waals surface area (Å²) in [5.74, 6) is -0.269. The highest BCUT2D eigenvalue weighted by Gasteiger charge is 2.23. The van der Waals surface area contributed by atoms with E-state index in [1.807, 2.05) is 0 Å². The summed E-state index contributed by atoms with van der Waals surface area (Å²) in [6, 6.07) is 0. The molecule has 0 unspecified atom stereocenters. The van der Waals surface area contributed by atoms with Crippen LogP contribution in [0.3, 0.4) is 0 Å². The van der Waals surface area contributed by atoms with E-state index in [-0.39, 0.29) is 30.7 Å². The molecule has 17 heavy (non-hydrogen) atoms. The second-order valence-electron chi connectivity index (χ2n) is 4.44. The Kier molecular flexibility index (Phi) is 4.87. The quantitative estimate of drug-likeness (QED) is 0.684. The zero-order valence-electron chi connectivity index (χ0n) is 10.2. The lowest BCUT2D eigenvalue weighted by molar-refractivity contribution is -0.137. The minimum Gasteiger partial charge on any atom is -0.356 e. The van der Waals surface area contributed by atoms with Gasteiger partial charge in [-0.2, -0.15) is 0 Å². The van der Waals surface area contributed by atoms with Crippen LogP contribution in [0.15, 0.2) is 12.2 Å². The summed E-state index contributed by atoms with van der Waals surface area (Å²) >= 11 is 0. The van der Waals surface area contributed by atoms with E-state index in [1.54, 1.807) is 0 Å². The summed E-state index contributed by atoms with van der Waals surface area (Å²) in [5.41, 5.74) is 0. The van der Waals surface area contributed by atoms with Crippen molar-refractivity contribution in [2.45, 2.75) is 26.7 Å². The second kappa shape index (κ2) is 6.18. The van der Waals surface area contributed by atoms with Crippen molar-refractivity contribution in [3.05, 3.63) is 12.2 Å². The van der Waals surface area contributed by atoms with E-state index in [9.17, 15) is 14.4 Å². The third-order valence-corrected chi connectivity index (χ3v) is 2.51. The van der Waals surface area contributed by atoms with Crippen LogP contribution in [-0.2, 0) is 14.4 Å². The fourth-order valence-electron chi connectivity index (χ4n) is 1.45. The normalized spacial score (nSPS) is 14.9. The average molecular weight is 238 g/mol. The Labute approximate surface area is 101 Å². The molecule has 0 aliphatic carbocycles. The van der Waals surface area contributed by atoms with Crippen LogP contribution in [0.25, 0.3) is 0 Å². The summed E-state index contributed by atoms with van der Waals surface area (Å²) in [6.07, 6.45) is 3.53. The van der Waals surface area contributed by atoms with E-state index in [0.29, 0.717) is 12.5 Å². The second-order valence-corrected chi connectivity index (χ2v) is 4.44. The number of carbonyl (C=O) groups excluding carboxylic acids is 3. The van der Waals surface area contributed by atoms with Gasteiger partial charge in [0.1, 0.15) is 0 Å². The van der Waals surface area contributed by atoms with E-state index in [1.165, 1.54) is 12.2 Å². The Morgan fingerprint density at radius 3 is 2.41 bits per heavy atom. The van der Waals surface area contributed by atoms with Crippen molar-refractivity contribution < 1.29 is 14.4 Å². The van der Waals surface area contributed by atoms with Gasteiger partial charge in [0.05, 0.1) is 0 Å². The van der Waals surface area contributed by atoms with Crippen molar-refractivity contribution in [1.29, 1.82) is 0 Å². The molecule has 1 rings (SSSR count). The highest BCUT2D eigenvalue weighted by atomic mass is 16.2. The van der Waals surface area contributed by atoms with Crippen molar-refractivity contribution in [3.8, 4) is 0 Å². The standard InChI is InChI=1S/C12H18N2O3/c1-9(2)5-7-13-10(15)6-8-14-11(16)3-4-12(14)17/h3-4,9H,5-8H2,1-2H3,(H,13,15). The van der Waals surface area contributed by atoms with Crippen molar-refractivity contribution in [1.82, 2.24) is 10.2 Å². The minimum absolute atomic E-state index is 0.127. The van der Waals surface area contributed by atoms with E-state index in [4.69, 9.17) is 0 Å². The zero-order valence-corrected chi connectivity index (χ0v) is 10.2. The molecule has 5 nitrogen and oxygen atoms in total. The van der Waals surface area contributed by atoms with Gasteiger partial charge in [-0.15, -0.1) is 0 Å². The lowest BCUT2D eigenvalue weighted by Gasteiger charge is -2.13. The molecule has 0 spiro atoms. The van der Waals surface area contributed by atoms with Crippen molar-refractivity contribution in [2.75, 3.05) is 13.1 Å². The molecule has 5 heteroatoms. The first-order valence-corrected chi connectivity index (χ1v) is 5.81. The van der Waals surface area contributed by atoms with E-state index in [0.717, 1.165) is 11.3 Å². The highest BCUT2D eigenvalue weighted by molar-refractivity contribution is 6.13. The Hall–Kier alpha value is -1.65. The van der Waals surface area contributed by atoms with Crippen LogP contribution in [0.5, 0.6) is 0 Å². The summed E-state index contributed by atoms with van der Waals surface area (Å²) in [6.45, 7) is 4.95. The highest BCUT2D eigenvalue weighted by Crippen LogP contribution is 2.04. The topological polar surface area (TPSA) is 66.5 Å². The Morgan fingerprint density at radius 2 is 1.88 bits per heavy atom. The Morgan fingerprint density at radius 1 is 1.29 bits per heavy atom. The number of imide groups is 1. The van der Waals surface area contributed by atoms with Crippen molar-refractivity contribution in [2.24, 2.45) is 5.92 Å². The molecule has 94 valence electrons. The lowest BCUT2D eigenvalue weighted by Crippen LogP contribution is -2.35. The van der Waals surface area contributed by atoms with Crippen LogP contribution in [-0.4, -0.2) is 35.7 Å². The fourth-order valence-corrected chi connectivity index (χ4v) is 1.45. The molecular formula is C12H18N2O3.